The summed E-state index contributed by atoms with van der Waals surface area (Å²) in [6.07, 6.45) is 3.71. The number of likely N-dealkylation sites (tertiary alicyclic amines) is 1. The van der Waals surface area contributed by atoms with Crippen molar-refractivity contribution in [3.8, 4) is 0 Å². The Hall–Kier alpha value is -2.41. The van der Waals surface area contributed by atoms with Gasteiger partial charge in [0.05, 0.1) is 23.9 Å². The Morgan fingerprint density at radius 2 is 1.92 bits per heavy atom. The van der Waals surface area contributed by atoms with Crippen molar-refractivity contribution >= 4 is 11.9 Å². The number of hydrogen-bond acceptors (Lipinski definition) is 3. The first kappa shape index (κ1) is 17.0. The predicted octanol–water partition coefficient (Wildman–Crippen LogP) is 1.76. The molecule has 0 aliphatic carbocycles. The van der Waals surface area contributed by atoms with Gasteiger partial charge in [-0.3, -0.25) is 4.79 Å². The van der Waals surface area contributed by atoms with E-state index in [0.29, 0.717) is 29.9 Å². The lowest BCUT2D eigenvalue weighted by Gasteiger charge is -2.28. The summed E-state index contributed by atoms with van der Waals surface area (Å²) in [4.78, 5) is 29.1. The molecule has 0 radical (unpaired) electrons. The minimum absolute atomic E-state index is 0.0845. The Labute approximate surface area is 152 Å². The molecule has 3 aliphatic rings. The lowest BCUT2D eigenvalue weighted by molar-refractivity contribution is -0.126. The van der Waals surface area contributed by atoms with Gasteiger partial charge in [-0.1, -0.05) is 18.6 Å². The summed E-state index contributed by atoms with van der Waals surface area (Å²) in [6.45, 7) is 4.05. The number of carbonyl (C=O) groups excluding carboxylic acids is 2. The molecule has 138 valence electrons. The summed E-state index contributed by atoms with van der Waals surface area (Å²) in [5.74, 6) is -0.469. The van der Waals surface area contributed by atoms with Crippen molar-refractivity contribution in [2.45, 2.75) is 25.3 Å². The monoisotopic (exact) mass is 358 g/mol. The highest BCUT2D eigenvalue weighted by Crippen LogP contribution is 2.32. The van der Waals surface area contributed by atoms with E-state index in [1.165, 1.54) is 31.4 Å². The molecule has 1 aromatic carbocycles. The number of halogens is 1. The molecular formula is C19H23FN4O2. The number of carbonyl (C=O) groups is 2. The molecule has 1 aromatic rings. The van der Waals surface area contributed by atoms with Crippen LogP contribution in [0.1, 0.15) is 30.9 Å². The zero-order valence-electron chi connectivity index (χ0n) is 14.6. The molecule has 1 saturated heterocycles. The SMILES string of the molecule is O=C1NC2=C(C(=O)N(CCN3CCCCC3)C2)C(c2cccc(F)c2)N1. The summed E-state index contributed by atoms with van der Waals surface area (Å²) in [7, 11) is 0. The quantitative estimate of drug-likeness (QED) is 0.862. The third-order valence-corrected chi connectivity index (χ3v) is 5.34. The van der Waals surface area contributed by atoms with Crippen LogP contribution < -0.4 is 10.6 Å². The summed E-state index contributed by atoms with van der Waals surface area (Å²) in [5, 5.41) is 5.51. The number of rotatable bonds is 4. The Morgan fingerprint density at radius 1 is 1.12 bits per heavy atom. The third-order valence-electron chi connectivity index (χ3n) is 5.34. The van der Waals surface area contributed by atoms with Crippen molar-refractivity contribution in [3.05, 3.63) is 46.9 Å². The van der Waals surface area contributed by atoms with Crippen LogP contribution in [0.3, 0.4) is 0 Å². The fourth-order valence-corrected chi connectivity index (χ4v) is 3.99. The highest BCUT2D eigenvalue weighted by Gasteiger charge is 2.40. The Morgan fingerprint density at radius 3 is 2.69 bits per heavy atom. The maximum Gasteiger partial charge on any atom is 0.319 e. The van der Waals surface area contributed by atoms with Crippen LogP contribution in [0.4, 0.5) is 9.18 Å². The van der Waals surface area contributed by atoms with Crippen LogP contribution in [0.5, 0.6) is 0 Å². The fraction of sp³-hybridized carbons (Fsp3) is 0.474. The molecule has 1 fully saturated rings. The van der Waals surface area contributed by atoms with Gasteiger partial charge in [0.15, 0.2) is 0 Å². The van der Waals surface area contributed by atoms with Gasteiger partial charge in [-0.15, -0.1) is 0 Å². The molecule has 4 rings (SSSR count). The lowest BCUT2D eigenvalue weighted by Crippen LogP contribution is -2.44. The number of benzene rings is 1. The van der Waals surface area contributed by atoms with Crippen LogP contribution in [-0.2, 0) is 4.79 Å². The van der Waals surface area contributed by atoms with E-state index in [4.69, 9.17) is 0 Å². The molecule has 1 atom stereocenters. The maximum atomic E-state index is 13.6. The zero-order chi connectivity index (χ0) is 18.1. The molecule has 0 bridgehead atoms. The predicted molar refractivity (Wildman–Crippen MR) is 94.7 cm³/mol. The van der Waals surface area contributed by atoms with Gasteiger partial charge in [-0.05, 0) is 43.6 Å². The lowest BCUT2D eigenvalue weighted by atomic mass is 9.96. The molecule has 3 heterocycles. The van der Waals surface area contributed by atoms with Gasteiger partial charge < -0.3 is 20.4 Å². The molecule has 7 heteroatoms. The van der Waals surface area contributed by atoms with Crippen LogP contribution in [0.15, 0.2) is 35.5 Å². The van der Waals surface area contributed by atoms with E-state index in [1.807, 2.05) is 0 Å². The van der Waals surface area contributed by atoms with Gasteiger partial charge in [0.2, 0.25) is 0 Å². The van der Waals surface area contributed by atoms with Crippen LogP contribution in [0, 0.1) is 5.82 Å². The van der Waals surface area contributed by atoms with Gasteiger partial charge >= 0.3 is 6.03 Å². The van der Waals surface area contributed by atoms with E-state index in [0.717, 1.165) is 19.6 Å². The zero-order valence-corrected chi connectivity index (χ0v) is 14.6. The smallest absolute Gasteiger partial charge is 0.319 e. The van der Waals surface area contributed by atoms with Gasteiger partial charge in [0.1, 0.15) is 5.82 Å². The van der Waals surface area contributed by atoms with Crippen LogP contribution in [0.2, 0.25) is 0 Å². The molecule has 6 nitrogen and oxygen atoms in total. The van der Waals surface area contributed by atoms with E-state index in [9.17, 15) is 14.0 Å². The average Bonchev–Trinajstić information content (AvgIpc) is 2.96. The van der Waals surface area contributed by atoms with Crippen LogP contribution >= 0.6 is 0 Å². The number of piperidine rings is 1. The van der Waals surface area contributed by atoms with Crippen molar-refractivity contribution < 1.29 is 14.0 Å². The molecular weight excluding hydrogens is 335 g/mol. The van der Waals surface area contributed by atoms with E-state index < -0.39 is 6.04 Å². The average molecular weight is 358 g/mol. The summed E-state index contributed by atoms with van der Waals surface area (Å²) < 4.78 is 13.6. The highest BCUT2D eigenvalue weighted by molar-refractivity contribution is 6.01. The van der Waals surface area contributed by atoms with Crippen LogP contribution in [0.25, 0.3) is 0 Å². The second-order valence-corrected chi connectivity index (χ2v) is 7.11. The number of hydrogen-bond donors (Lipinski definition) is 2. The van der Waals surface area contributed by atoms with Crippen molar-refractivity contribution in [2.24, 2.45) is 0 Å². The summed E-state index contributed by atoms with van der Waals surface area (Å²) >= 11 is 0. The van der Waals surface area contributed by atoms with E-state index >= 15 is 0 Å². The maximum absolute atomic E-state index is 13.6. The van der Waals surface area contributed by atoms with Crippen molar-refractivity contribution in [1.82, 2.24) is 20.4 Å². The van der Waals surface area contributed by atoms with Gasteiger partial charge in [-0.2, -0.15) is 0 Å². The highest BCUT2D eigenvalue weighted by atomic mass is 19.1. The van der Waals surface area contributed by atoms with Gasteiger partial charge in [0.25, 0.3) is 5.91 Å². The molecule has 2 N–H and O–H groups in total. The minimum atomic E-state index is -0.609. The first-order chi connectivity index (χ1) is 12.6. The molecule has 3 amide bonds. The van der Waals surface area contributed by atoms with E-state index in [1.54, 1.807) is 17.0 Å². The number of amides is 3. The molecule has 0 spiro atoms. The first-order valence-electron chi connectivity index (χ1n) is 9.19. The second-order valence-electron chi connectivity index (χ2n) is 7.11. The van der Waals surface area contributed by atoms with E-state index in [-0.39, 0.29) is 17.8 Å². The molecule has 3 aliphatic heterocycles. The second kappa shape index (κ2) is 7.07. The molecule has 0 aromatic heterocycles. The van der Waals surface area contributed by atoms with E-state index in [2.05, 4.69) is 15.5 Å². The number of nitrogens with one attached hydrogen (secondary N) is 2. The molecule has 26 heavy (non-hydrogen) atoms. The Balaban J connectivity index is 1.50. The largest absolute Gasteiger partial charge is 0.332 e. The van der Waals surface area contributed by atoms with Gasteiger partial charge in [-0.25, -0.2) is 9.18 Å². The summed E-state index contributed by atoms with van der Waals surface area (Å²) in [6, 6.07) is 5.07. The number of urea groups is 1. The van der Waals surface area contributed by atoms with Crippen molar-refractivity contribution in [2.75, 3.05) is 32.7 Å². The Bertz CT molecular complexity index is 758. The normalized spacial score (nSPS) is 23.7. The standard InChI is InChI=1S/C19H23FN4O2/c20-14-6-4-5-13(11-14)17-16-15(21-19(26)22-17)12-24(18(16)25)10-9-23-7-2-1-3-8-23/h4-6,11,17H,1-3,7-10,12H2,(H2,21,22,26). The first-order valence-corrected chi connectivity index (χ1v) is 9.19. The number of nitrogens with zero attached hydrogens (tertiary/aromatic N) is 2. The minimum Gasteiger partial charge on any atom is -0.332 e. The summed E-state index contributed by atoms with van der Waals surface area (Å²) in [5.41, 5.74) is 1.74. The van der Waals surface area contributed by atoms with Crippen LogP contribution in [-0.4, -0.2) is 54.5 Å². The topological polar surface area (TPSA) is 64.7 Å². The Kier molecular flexibility index (Phi) is 4.63. The van der Waals surface area contributed by atoms with Crippen molar-refractivity contribution in [3.63, 3.8) is 0 Å². The molecule has 0 saturated carbocycles. The molecule has 1 unspecified atom stereocenters. The fourth-order valence-electron chi connectivity index (χ4n) is 3.99. The van der Waals surface area contributed by atoms with Gasteiger partial charge in [0, 0.05) is 13.1 Å². The third kappa shape index (κ3) is 3.31. The van der Waals surface area contributed by atoms with Crippen molar-refractivity contribution in [1.29, 1.82) is 0 Å².